The average molecular weight is 196 g/mol. The van der Waals surface area contributed by atoms with E-state index in [-0.39, 0.29) is 0 Å². The minimum Gasteiger partial charge on any atom is -0.659 e. The molecule has 4 nitrogen and oxygen atoms in total. The third-order valence-corrected chi connectivity index (χ3v) is 0.458. The van der Waals surface area contributed by atoms with E-state index >= 15 is 0 Å². The predicted octanol–water partition coefficient (Wildman–Crippen LogP) is 1.58. The van der Waals surface area contributed by atoms with Gasteiger partial charge in [-0.05, 0) is 26.3 Å². The maximum Gasteiger partial charge on any atom is 0.502 e. The first-order valence-corrected chi connectivity index (χ1v) is 3.55. The van der Waals surface area contributed by atoms with Crippen molar-refractivity contribution in [1.82, 2.24) is 0 Å². The Kier molecular flexibility index (Phi) is 7.99. The molecule has 72 valence electrons. The number of hydrogen-bond acceptors (Lipinski definition) is 4. The van der Waals surface area contributed by atoms with E-state index in [9.17, 15) is 10.1 Å². The molecule has 0 aromatic rings. The van der Waals surface area contributed by atoms with Crippen LogP contribution in [0.15, 0.2) is 12.1 Å². The first-order chi connectivity index (χ1) is 5.37. The van der Waals surface area contributed by atoms with Gasteiger partial charge in [0.05, 0.1) is 0 Å². The van der Waals surface area contributed by atoms with Crippen molar-refractivity contribution in [2.75, 3.05) is 0 Å². The van der Waals surface area contributed by atoms with Crippen LogP contribution in [0.25, 0.3) is 0 Å². The van der Waals surface area contributed by atoms with Crippen molar-refractivity contribution in [3.05, 3.63) is 12.1 Å². The van der Waals surface area contributed by atoms with Crippen molar-refractivity contribution in [2.24, 2.45) is 0 Å². The van der Waals surface area contributed by atoms with Crippen LogP contribution in [0.2, 0.25) is 0 Å². The van der Waals surface area contributed by atoms with Crippen molar-refractivity contribution in [2.45, 2.75) is 26.4 Å². The summed E-state index contributed by atoms with van der Waals surface area (Å²) in [6.07, 6.45) is -1.19. The Bertz CT molecular complexity index is 139. The van der Waals surface area contributed by atoms with Crippen molar-refractivity contribution >= 4 is 17.8 Å². The highest BCUT2D eigenvalue weighted by atomic mass is 35.5. The van der Waals surface area contributed by atoms with E-state index in [1.54, 1.807) is 20.8 Å². The SMILES string of the molecule is C=CCl.CC(C)(C)OC(=O)O[O-]. The number of carbonyl (C=O) groups is 1. The Labute approximate surface area is 76.7 Å². The Morgan fingerprint density at radius 3 is 2.00 bits per heavy atom. The summed E-state index contributed by atoms with van der Waals surface area (Å²) in [5, 5.41) is 9.33. The molecule has 0 rings (SSSR count). The molecule has 0 atom stereocenters. The molecule has 0 unspecified atom stereocenters. The topological polar surface area (TPSA) is 58.6 Å². The van der Waals surface area contributed by atoms with Crippen molar-refractivity contribution in [1.29, 1.82) is 0 Å². The van der Waals surface area contributed by atoms with E-state index in [0.717, 1.165) is 0 Å². The molecule has 0 spiro atoms. The Balaban J connectivity index is 0. The molecule has 0 fully saturated rings. The van der Waals surface area contributed by atoms with Crippen molar-refractivity contribution < 1.29 is 19.7 Å². The Morgan fingerprint density at radius 2 is 1.92 bits per heavy atom. The predicted molar refractivity (Wildman–Crippen MR) is 43.4 cm³/mol. The highest BCUT2D eigenvalue weighted by Crippen LogP contribution is 2.06. The second-order valence-electron chi connectivity index (χ2n) is 2.70. The monoisotopic (exact) mass is 195 g/mol. The van der Waals surface area contributed by atoms with Gasteiger partial charge in [-0.25, -0.2) is 4.79 Å². The minimum atomic E-state index is -1.19. The summed E-state index contributed by atoms with van der Waals surface area (Å²) in [4.78, 5) is 13.1. The zero-order valence-electron chi connectivity index (χ0n) is 7.30. The molecule has 12 heavy (non-hydrogen) atoms. The van der Waals surface area contributed by atoms with Crippen LogP contribution >= 0.6 is 11.6 Å². The van der Waals surface area contributed by atoms with Gasteiger partial charge in [0.25, 0.3) is 0 Å². The molecule has 0 aliphatic rings. The van der Waals surface area contributed by atoms with Gasteiger partial charge in [-0.1, -0.05) is 18.2 Å². The third kappa shape index (κ3) is 16.1. The second kappa shape index (κ2) is 6.94. The smallest absolute Gasteiger partial charge is 0.502 e. The second-order valence-corrected chi connectivity index (χ2v) is 3.01. The summed E-state index contributed by atoms with van der Waals surface area (Å²) >= 11 is 4.76. The molecule has 0 bridgehead atoms. The number of halogens is 1. The minimum absolute atomic E-state index is 0.651. The maximum atomic E-state index is 10.1. The van der Waals surface area contributed by atoms with E-state index < -0.39 is 11.8 Å². The number of ether oxygens (including phenoxy) is 1. The quantitative estimate of drug-likeness (QED) is 0.335. The van der Waals surface area contributed by atoms with Crippen LogP contribution in [0.1, 0.15) is 20.8 Å². The van der Waals surface area contributed by atoms with Gasteiger partial charge < -0.3 is 14.9 Å². The standard InChI is InChI=1S/C5H10O4.C2H3Cl/c1-5(2,3)8-4(6)9-7;1-2-3/h7H,1-3H3;2H,1H2/p-1. The molecule has 0 N–H and O–H groups in total. The lowest BCUT2D eigenvalue weighted by molar-refractivity contribution is -0.658. The van der Waals surface area contributed by atoms with Crippen molar-refractivity contribution in [3.8, 4) is 0 Å². The highest BCUT2D eigenvalue weighted by molar-refractivity contribution is 6.25. The van der Waals surface area contributed by atoms with Crippen LogP contribution in [-0.2, 0) is 9.62 Å². The summed E-state index contributed by atoms with van der Waals surface area (Å²) in [5.74, 6) is 0. The summed E-state index contributed by atoms with van der Waals surface area (Å²) in [6, 6.07) is 0. The molecule has 0 saturated carbocycles. The summed E-state index contributed by atoms with van der Waals surface area (Å²) in [5.41, 5.74) is 0.571. The van der Waals surface area contributed by atoms with E-state index in [1.807, 2.05) is 0 Å². The van der Waals surface area contributed by atoms with E-state index in [0.29, 0.717) is 0 Å². The molecule has 0 heterocycles. The normalized spacial score (nSPS) is 9.08. The molecular formula is C7H12ClO4-. The summed E-state index contributed by atoms with van der Waals surface area (Å²) in [7, 11) is 0. The van der Waals surface area contributed by atoms with Gasteiger partial charge in [-0.15, -0.1) is 0 Å². The number of rotatable bonds is 0. The zero-order valence-corrected chi connectivity index (χ0v) is 8.05. The van der Waals surface area contributed by atoms with Gasteiger partial charge in [-0.3, -0.25) is 0 Å². The van der Waals surface area contributed by atoms with Crippen LogP contribution in [0.5, 0.6) is 0 Å². The molecular weight excluding hydrogens is 184 g/mol. The van der Waals surface area contributed by atoms with E-state index in [4.69, 9.17) is 11.6 Å². The lowest BCUT2D eigenvalue weighted by atomic mass is 10.2. The lowest BCUT2D eigenvalue weighted by Crippen LogP contribution is -2.27. The molecule has 0 aliphatic heterocycles. The van der Waals surface area contributed by atoms with Gasteiger partial charge in [0, 0.05) is 0 Å². The van der Waals surface area contributed by atoms with Gasteiger partial charge >= 0.3 is 6.16 Å². The van der Waals surface area contributed by atoms with Gasteiger partial charge in [0.1, 0.15) is 5.60 Å². The van der Waals surface area contributed by atoms with Crippen molar-refractivity contribution in [3.63, 3.8) is 0 Å². The van der Waals surface area contributed by atoms with Crippen LogP contribution in [0.4, 0.5) is 4.79 Å². The number of carbonyl (C=O) groups excluding carboxylic acids is 1. The maximum absolute atomic E-state index is 10.1. The van der Waals surface area contributed by atoms with Gasteiger partial charge in [0.15, 0.2) is 0 Å². The van der Waals surface area contributed by atoms with Crippen LogP contribution < -0.4 is 5.26 Å². The molecule has 0 saturated heterocycles. The van der Waals surface area contributed by atoms with Crippen LogP contribution in [-0.4, -0.2) is 11.8 Å². The fourth-order valence-electron chi connectivity index (χ4n) is 0.267. The van der Waals surface area contributed by atoms with E-state index in [2.05, 4.69) is 16.2 Å². The van der Waals surface area contributed by atoms with Gasteiger partial charge in [-0.2, -0.15) is 0 Å². The molecule has 0 radical (unpaired) electrons. The fourth-order valence-corrected chi connectivity index (χ4v) is 0.267. The molecule has 0 amide bonds. The lowest BCUT2D eigenvalue weighted by Gasteiger charge is -2.19. The average Bonchev–Trinajstić information content (AvgIpc) is 1.86. The Hall–Kier alpha value is -0.740. The first-order valence-electron chi connectivity index (χ1n) is 3.11. The fraction of sp³-hybridized carbons (Fsp3) is 0.571. The van der Waals surface area contributed by atoms with Crippen LogP contribution in [0, 0.1) is 0 Å². The summed E-state index contributed by atoms with van der Waals surface area (Å²) in [6.45, 7) is 8.05. The molecule has 5 heteroatoms. The van der Waals surface area contributed by atoms with Crippen LogP contribution in [0.3, 0.4) is 0 Å². The highest BCUT2D eigenvalue weighted by Gasteiger charge is 2.14. The number of hydrogen-bond donors (Lipinski definition) is 0. The third-order valence-electron chi connectivity index (χ3n) is 0.458. The van der Waals surface area contributed by atoms with E-state index in [1.165, 1.54) is 5.54 Å². The van der Waals surface area contributed by atoms with Gasteiger partial charge in [0.2, 0.25) is 0 Å². The molecule has 0 aromatic carbocycles. The first kappa shape index (κ1) is 13.8. The molecule has 0 aromatic heterocycles. The largest absolute Gasteiger partial charge is 0.659 e. The molecule has 0 aliphatic carbocycles. The Morgan fingerprint density at radius 1 is 1.58 bits per heavy atom. The summed E-state index contributed by atoms with van der Waals surface area (Å²) < 4.78 is 4.41. The zero-order chi connectivity index (χ0) is 10.2.